The van der Waals surface area contributed by atoms with Gasteiger partial charge in [-0.15, -0.1) is 0 Å². The van der Waals surface area contributed by atoms with Crippen LogP contribution in [-0.2, 0) is 25.3 Å². The van der Waals surface area contributed by atoms with E-state index in [1.165, 1.54) is 6.07 Å². The van der Waals surface area contributed by atoms with Gasteiger partial charge in [0.1, 0.15) is 24.9 Å². The number of alkyl halides is 1. The van der Waals surface area contributed by atoms with Crippen molar-refractivity contribution >= 4 is 27.7 Å². The number of ether oxygens (including phenoxy) is 2. The molecule has 1 aliphatic heterocycles. The molecule has 0 saturated carbocycles. The summed E-state index contributed by atoms with van der Waals surface area (Å²) in [5, 5.41) is 9.64. The van der Waals surface area contributed by atoms with Crippen LogP contribution in [0.15, 0.2) is 36.4 Å². The van der Waals surface area contributed by atoms with E-state index in [-0.39, 0.29) is 41.8 Å². The van der Waals surface area contributed by atoms with Crippen molar-refractivity contribution in [2.24, 2.45) is 5.92 Å². The number of sulfonamides is 1. The Morgan fingerprint density at radius 1 is 1.25 bits per heavy atom. The Morgan fingerprint density at radius 3 is 2.56 bits per heavy atom. The van der Waals surface area contributed by atoms with Crippen molar-refractivity contribution in [3.63, 3.8) is 0 Å². The molecule has 0 radical (unpaired) electrons. The molecular weight excluding hydrogens is 491 g/mol. The first-order valence-electron chi connectivity index (χ1n) is 11.4. The van der Waals surface area contributed by atoms with Gasteiger partial charge in [0.15, 0.2) is 5.82 Å². The third-order valence-corrected chi connectivity index (χ3v) is 6.75. The lowest BCUT2D eigenvalue weighted by Crippen LogP contribution is -2.43. The van der Waals surface area contributed by atoms with Crippen molar-refractivity contribution in [2.45, 2.75) is 25.5 Å². The summed E-state index contributed by atoms with van der Waals surface area (Å²) in [5.41, 5.74) is 0.585. The highest BCUT2D eigenvalue weighted by Crippen LogP contribution is 2.30. The van der Waals surface area contributed by atoms with Crippen LogP contribution in [-0.4, -0.2) is 58.3 Å². The fourth-order valence-electron chi connectivity index (χ4n) is 3.83. The molecule has 1 aromatic carbocycles. The van der Waals surface area contributed by atoms with Crippen LogP contribution in [0.3, 0.4) is 0 Å². The second-order valence-electron chi connectivity index (χ2n) is 8.05. The topological polar surface area (TPSA) is 139 Å². The number of carbonyl (C=O) groups excluding carboxylic acids is 2. The first-order valence-corrected chi connectivity index (χ1v) is 13.1. The Hall–Kier alpha value is -3.72. The largest absolute Gasteiger partial charge is 0.474 e. The Kier molecular flexibility index (Phi) is 9.19. The lowest BCUT2D eigenvalue weighted by atomic mass is 9.96. The van der Waals surface area contributed by atoms with Gasteiger partial charge in [0.2, 0.25) is 21.8 Å². The molecule has 0 aliphatic carbocycles. The number of esters is 1. The number of halogens is 1. The predicted octanol–water partition coefficient (Wildman–Crippen LogP) is 2.34. The summed E-state index contributed by atoms with van der Waals surface area (Å²) in [6.07, 6.45) is 0.638. The average molecular weight is 519 g/mol. The zero-order chi connectivity index (χ0) is 26.1. The first-order chi connectivity index (χ1) is 17.3. The number of amides is 1. The number of pyridine rings is 1. The summed E-state index contributed by atoms with van der Waals surface area (Å²) in [6.45, 7) is 1.21. The maximum Gasteiger partial charge on any atom is 0.343 e. The molecular formula is C24H27FN4O6S. The van der Waals surface area contributed by atoms with Gasteiger partial charge in [-0.25, -0.2) is 17.6 Å². The maximum atomic E-state index is 12.7. The van der Waals surface area contributed by atoms with Crippen molar-refractivity contribution in [3.8, 4) is 11.9 Å². The van der Waals surface area contributed by atoms with Crippen molar-refractivity contribution in [1.29, 1.82) is 5.26 Å². The number of nitrogens with zero attached hydrogens (tertiary/aromatic N) is 3. The third-order valence-electron chi connectivity index (χ3n) is 5.52. The van der Waals surface area contributed by atoms with Crippen molar-refractivity contribution < 1.29 is 31.9 Å². The van der Waals surface area contributed by atoms with Crippen LogP contribution in [0.25, 0.3) is 0 Å². The minimum Gasteiger partial charge on any atom is -0.474 e. The van der Waals surface area contributed by atoms with Crippen molar-refractivity contribution in [1.82, 2.24) is 9.71 Å². The van der Waals surface area contributed by atoms with Crippen LogP contribution in [0.4, 0.5) is 10.2 Å². The number of nitrogens with one attached hydrogen (secondary N) is 1. The molecule has 2 heterocycles. The minimum absolute atomic E-state index is 0.0801. The molecule has 1 amide bonds. The molecule has 1 N–H and O–H groups in total. The number of aromatic nitrogens is 1. The van der Waals surface area contributed by atoms with Crippen molar-refractivity contribution in [3.05, 3.63) is 53.1 Å². The van der Waals surface area contributed by atoms with Crippen LogP contribution >= 0.6 is 0 Å². The normalized spacial score (nSPS) is 14.1. The average Bonchev–Trinajstić information content (AvgIpc) is 2.87. The van der Waals surface area contributed by atoms with E-state index < -0.39 is 34.5 Å². The highest BCUT2D eigenvalue weighted by atomic mass is 32.2. The van der Waals surface area contributed by atoms with E-state index in [1.54, 1.807) is 42.2 Å². The molecule has 192 valence electrons. The molecule has 0 spiro atoms. The van der Waals surface area contributed by atoms with Gasteiger partial charge in [0.05, 0.1) is 17.9 Å². The van der Waals surface area contributed by atoms with Gasteiger partial charge in [0.25, 0.3) is 0 Å². The summed E-state index contributed by atoms with van der Waals surface area (Å²) >= 11 is 0. The standard InChI is InChI=1S/C24H27FN4O6S/c1-2-34-24(31)20-14-19(15-26)21(27-23(20)35-13-10-25)29-11-8-18(9-12-29)22(30)28-36(32,33)16-17-6-4-3-5-7-17/h3-7,14,18H,2,8-13,16H2,1H3,(H,28,30). The highest BCUT2D eigenvalue weighted by molar-refractivity contribution is 7.89. The van der Waals surface area contributed by atoms with Crippen LogP contribution in [0.1, 0.15) is 41.3 Å². The monoisotopic (exact) mass is 518 g/mol. The van der Waals surface area contributed by atoms with Gasteiger partial charge in [-0.2, -0.15) is 10.2 Å². The van der Waals surface area contributed by atoms with Crippen LogP contribution in [0.5, 0.6) is 5.88 Å². The van der Waals surface area contributed by atoms with E-state index in [1.807, 2.05) is 6.07 Å². The van der Waals surface area contributed by atoms with E-state index in [4.69, 9.17) is 9.47 Å². The van der Waals surface area contributed by atoms with E-state index in [0.29, 0.717) is 31.5 Å². The Balaban J connectivity index is 1.70. The predicted molar refractivity (Wildman–Crippen MR) is 129 cm³/mol. The molecule has 2 aromatic rings. The number of piperidine rings is 1. The molecule has 36 heavy (non-hydrogen) atoms. The fourth-order valence-corrected chi connectivity index (χ4v) is 5.01. The van der Waals surface area contributed by atoms with E-state index in [0.717, 1.165) is 0 Å². The van der Waals surface area contributed by atoms with Gasteiger partial charge < -0.3 is 14.4 Å². The summed E-state index contributed by atoms with van der Waals surface area (Å²) in [4.78, 5) is 31.0. The van der Waals surface area contributed by atoms with Gasteiger partial charge in [-0.1, -0.05) is 30.3 Å². The number of benzene rings is 1. The minimum atomic E-state index is -3.85. The molecule has 1 aliphatic rings. The molecule has 1 saturated heterocycles. The number of hydrogen-bond donors (Lipinski definition) is 1. The molecule has 1 fully saturated rings. The lowest BCUT2D eigenvalue weighted by Gasteiger charge is -2.32. The quantitative estimate of drug-likeness (QED) is 0.470. The maximum absolute atomic E-state index is 12.7. The van der Waals surface area contributed by atoms with Crippen LogP contribution < -0.4 is 14.4 Å². The molecule has 10 nitrogen and oxygen atoms in total. The number of nitriles is 1. The highest BCUT2D eigenvalue weighted by Gasteiger charge is 2.30. The summed E-state index contributed by atoms with van der Waals surface area (Å²) in [5.74, 6) is -2.08. The smallest absolute Gasteiger partial charge is 0.343 e. The molecule has 1 aromatic heterocycles. The van der Waals surface area contributed by atoms with Gasteiger partial charge in [-0.05, 0) is 31.4 Å². The molecule has 12 heteroatoms. The van der Waals surface area contributed by atoms with E-state index in [9.17, 15) is 27.7 Å². The fraction of sp³-hybridized carbons (Fsp3) is 0.417. The number of hydrogen-bond acceptors (Lipinski definition) is 9. The molecule has 0 unspecified atom stereocenters. The van der Waals surface area contributed by atoms with E-state index >= 15 is 0 Å². The zero-order valence-electron chi connectivity index (χ0n) is 19.8. The van der Waals surface area contributed by atoms with Gasteiger partial charge in [-0.3, -0.25) is 9.52 Å². The SMILES string of the molecule is CCOC(=O)c1cc(C#N)c(N2CCC(C(=O)NS(=O)(=O)Cc3ccccc3)CC2)nc1OCCF. The summed E-state index contributed by atoms with van der Waals surface area (Å²) < 4.78 is 50.0. The third kappa shape index (κ3) is 6.91. The molecule has 0 atom stereocenters. The van der Waals surface area contributed by atoms with Crippen LogP contribution in [0, 0.1) is 17.2 Å². The number of rotatable bonds is 10. The van der Waals surface area contributed by atoms with Crippen LogP contribution in [0.2, 0.25) is 0 Å². The first kappa shape index (κ1) is 26.9. The van der Waals surface area contributed by atoms with Crippen molar-refractivity contribution in [2.75, 3.05) is 37.9 Å². The molecule has 0 bridgehead atoms. The lowest BCUT2D eigenvalue weighted by molar-refractivity contribution is -0.123. The Bertz CT molecular complexity index is 1230. The number of carbonyl (C=O) groups is 2. The summed E-state index contributed by atoms with van der Waals surface area (Å²) in [6, 6.07) is 11.8. The summed E-state index contributed by atoms with van der Waals surface area (Å²) in [7, 11) is -3.85. The van der Waals surface area contributed by atoms with Gasteiger partial charge in [0, 0.05) is 19.0 Å². The Labute approximate surface area is 209 Å². The number of anilines is 1. The van der Waals surface area contributed by atoms with Gasteiger partial charge >= 0.3 is 5.97 Å². The zero-order valence-corrected chi connectivity index (χ0v) is 20.6. The second-order valence-corrected chi connectivity index (χ2v) is 9.78. The van der Waals surface area contributed by atoms with E-state index in [2.05, 4.69) is 9.71 Å². The Morgan fingerprint density at radius 2 is 1.94 bits per heavy atom. The molecule has 3 rings (SSSR count). The second kappa shape index (κ2) is 12.3.